The van der Waals surface area contributed by atoms with Crippen LogP contribution >= 0.6 is 22.7 Å². The molecule has 30 heavy (non-hydrogen) atoms. The quantitative estimate of drug-likeness (QED) is 0.330. The summed E-state index contributed by atoms with van der Waals surface area (Å²) in [6, 6.07) is 0. The summed E-state index contributed by atoms with van der Waals surface area (Å²) >= 11 is 3.22. The molecule has 2 unspecified atom stereocenters. The second-order valence-corrected chi connectivity index (χ2v) is 10.3. The van der Waals surface area contributed by atoms with Gasteiger partial charge in [-0.3, -0.25) is 0 Å². The lowest BCUT2D eigenvalue weighted by molar-refractivity contribution is 0.546. The molecule has 4 heterocycles. The average molecular weight is 441 g/mol. The summed E-state index contributed by atoms with van der Waals surface area (Å²) in [4.78, 5) is 29.2. The molecule has 4 aromatic rings. The zero-order chi connectivity index (χ0) is 21.4. The molecule has 0 aromatic carbocycles. The van der Waals surface area contributed by atoms with Gasteiger partial charge in [-0.05, 0) is 18.8 Å². The molecule has 0 radical (unpaired) electrons. The van der Waals surface area contributed by atoms with Crippen LogP contribution in [0.25, 0.3) is 20.7 Å². The minimum atomic E-state index is 0.258. The second-order valence-electron chi connectivity index (χ2n) is 8.63. The van der Waals surface area contributed by atoms with Crippen molar-refractivity contribution >= 4 is 43.4 Å². The standard InChI is InChI=1S/C22H28N6S2/c1-11(2)15-18-21(24-10-29-18)27-20(25-15)14(6)8-7-13(5)16-17-22(30-9-23-17)28-19(26-16)12(3)4/h9-14H,7-8H2,1-6H3. The zero-order valence-electron chi connectivity index (χ0n) is 18.4. The molecule has 158 valence electrons. The topological polar surface area (TPSA) is 77.3 Å². The van der Waals surface area contributed by atoms with Gasteiger partial charge in [-0.1, -0.05) is 41.5 Å². The first-order valence-electron chi connectivity index (χ1n) is 10.6. The van der Waals surface area contributed by atoms with Crippen LogP contribution in [0, 0.1) is 0 Å². The molecule has 4 rings (SSSR count). The lowest BCUT2D eigenvalue weighted by Gasteiger charge is -2.17. The van der Waals surface area contributed by atoms with Crippen LogP contribution in [0.5, 0.6) is 0 Å². The Hall–Kier alpha value is -2.06. The van der Waals surface area contributed by atoms with Gasteiger partial charge in [0.05, 0.1) is 27.1 Å². The maximum absolute atomic E-state index is 4.93. The van der Waals surface area contributed by atoms with Crippen molar-refractivity contribution in [3.05, 3.63) is 34.1 Å². The Labute approximate surface area is 185 Å². The third kappa shape index (κ3) is 4.07. The number of hydrogen-bond acceptors (Lipinski definition) is 8. The first-order valence-corrected chi connectivity index (χ1v) is 12.3. The van der Waals surface area contributed by atoms with Gasteiger partial charge in [0, 0.05) is 17.8 Å². The summed E-state index contributed by atoms with van der Waals surface area (Å²) in [5, 5.41) is 0. The van der Waals surface area contributed by atoms with Gasteiger partial charge < -0.3 is 0 Å². The van der Waals surface area contributed by atoms with Crippen LogP contribution in [0.4, 0.5) is 0 Å². The summed E-state index contributed by atoms with van der Waals surface area (Å²) in [6.07, 6.45) is 1.98. The number of rotatable bonds is 7. The van der Waals surface area contributed by atoms with Crippen molar-refractivity contribution in [1.82, 2.24) is 29.9 Å². The van der Waals surface area contributed by atoms with Gasteiger partial charge in [-0.2, -0.15) is 0 Å². The monoisotopic (exact) mass is 440 g/mol. The predicted molar refractivity (Wildman–Crippen MR) is 125 cm³/mol. The number of thiazole rings is 2. The van der Waals surface area contributed by atoms with Crippen molar-refractivity contribution in [2.45, 2.75) is 78.1 Å². The van der Waals surface area contributed by atoms with Gasteiger partial charge in [0.15, 0.2) is 5.65 Å². The maximum atomic E-state index is 4.93. The summed E-state index contributed by atoms with van der Waals surface area (Å²) in [7, 11) is 0. The molecule has 0 bridgehead atoms. The Morgan fingerprint density at radius 3 is 2.13 bits per heavy atom. The van der Waals surface area contributed by atoms with Crippen LogP contribution in [0.15, 0.2) is 11.0 Å². The summed E-state index contributed by atoms with van der Waals surface area (Å²) < 4.78 is 1.11. The highest BCUT2D eigenvalue weighted by Gasteiger charge is 2.21. The molecular formula is C22H28N6S2. The lowest BCUT2D eigenvalue weighted by Crippen LogP contribution is -2.09. The van der Waals surface area contributed by atoms with E-state index in [1.54, 1.807) is 22.7 Å². The third-order valence-electron chi connectivity index (χ3n) is 5.48. The fraction of sp³-hybridized carbons (Fsp3) is 0.545. The number of fused-ring (bicyclic) bond motifs is 2. The molecule has 8 heteroatoms. The highest BCUT2D eigenvalue weighted by Crippen LogP contribution is 2.32. The first-order chi connectivity index (χ1) is 14.3. The molecular weight excluding hydrogens is 412 g/mol. The van der Waals surface area contributed by atoms with Crippen LogP contribution in [-0.4, -0.2) is 29.9 Å². The van der Waals surface area contributed by atoms with Crippen molar-refractivity contribution in [1.29, 1.82) is 0 Å². The Bertz CT molecular complexity index is 1160. The van der Waals surface area contributed by atoms with Crippen LogP contribution < -0.4 is 0 Å². The average Bonchev–Trinajstić information content (AvgIpc) is 3.38. The fourth-order valence-electron chi connectivity index (χ4n) is 3.58. The van der Waals surface area contributed by atoms with E-state index in [4.69, 9.17) is 15.0 Å². The number of hydrogen-bond donors (Lipinski definition) is 0. The summed E-state index contributed by atoms with van der Waals surface area (Å²) in [6.45, 7) is 13.1. The number of aromatic nitrogens is 6. The van der Waals surface area contributed by atoms with E-state index >= 15 is 0 Å². The molecule has 0 aliphatic heterocycles. The third-order valence-corrected chi connectivity index (χ3v) is 7.04. The second kappa shape index (κ2) is 8.59. The molecule has 4 aromatic heterocycles. The van der Waals surface area contributed by atoms with E-state index in [0.29, 0.717) is 17.8 Å². The van der Waals surface area contributed by atoms with Crippen LogP contribution in [-0.2, 0) is 0 Å². The van der Waals surface area contributed by atoms with E-state index in [-0.39, 0.29) is 5.92 Å². The van der Waals surface area contributed by atoms with E-state index in [1.165, 1.54) is 0 Å². The van der Waals surface area contributed by atoms with Crippen molar-refractivity contribution < 1.29 is 0 Å². The Morgan fingerprint density at radius 2 is 1.40 bits per heavy atom. The minimum Gasteiger partial charge on any atom is -0.241 e. The van der Waals surface area contributed by atoms with Crippen molar-refractivity contribution in [3.63, 3.8) is 0 Å². The Kier molecular flexibility index (Phi) is 6.06. The molecule has 0 aliphatic rings. The minimum absolute atomic E-state index is 0.258. The van der Waals surface area contributed by atoms with Gasteiger partial charge in [0.2, 0.25) is 0 Å². The molecule has 0 spiro atoms. The lowest BCUT2D eigenvalue weighted by atomic mass is 9.94. The van der Waals surface area contributed by atoms with Crippen LogP contribution in [0.1, 0.15) is 101 Å². The number of nitrogens with zero attached hydrogens (tertiary/aromatic N) is 6. The van der Waals surface area contributed by atoms with Crippen LogP contribution in [0.2, 0.25) is 0 Å². The van der Waals surface area contributed by atoms with Crippen molar-refractivity contribution in [3.8, 4) is 0 Å². The van der Waals surface area contributed by atoms with Gasteiger partial charge in [0.1, 0.15) is 22.0 Å². The largest absolute Gasteiger partial charge is 0.241 e. The molecule has 2 atom stereocenters. The highest BCUT2D eigenvalue weighted by atomic mass is 32.1. The van der Waals surface area contributed by atoms with Crippen LogP contribution in [0.3, 0.4) is 0 Å². The smallest absolute Gasteiger partial charge is 0.174 e. The van der Waals surface area contributed by atoms with E-state index in [9.17, 15) is 0 Å². The van der Waals surface area contributed by atoms with E-state index < -0.39 is 0 Å². The predicted octanol–water partition coefficient (Wildman–Crippen LogP) is 6.42. The van der Waals surface area contributed by atoms with E-state index in [1.807, 2.05) is 11.0 Å². The molecule has 0 fully saturated rings. The normalized spacial score (nSPS) is 14.3. The molecule has 0 saturated heterocycles. The maximum Gasteiger partial charge on any atom is 0.174 e. The van der Waals surface area contributed by atoms with Gasteiger partial charge in [-0.15, -0.1) is 22.7 Å². The summed E-state index contributed by atoms with van der Waals surface area (Å²) in [5.74, 6) is 3.01. The highest BCUT2D eigenvalue weighted by molar-refractivity contribution is 7.17. The SMILES string of the molecule is CC(C)c1nc(C(C)CCC(C)c2nc(C(C)C)c3scnc3n2)c2ncsc2n1. The van der Waals surface area contributed by atoms with Gasteiger partial charge in [0.25, 0.3) is 0 Å². The molecule has 0 amide bonds. The molecule has 0 saturated carbocycles. The van der Waals surface area contributed by atoms with Crippen molar-refractivity contribution in [2.24, 2.45) is 0 Å². The van der Waals surface area contributed by atoms with Gasteiger partial charge >= 0.3 is 0 Å². The van der Waals surface area contributed by atoms with Crippen molar-refractivity contribution in [2.75, 3.05) is 0 Å². The fourth-order valence-corrected chi connectivity index (χ4v) is 5.12. The summed E-state index contributed by atoms with van der Waals surface area (Å²) in [5.41, 5.74) is 7.69. The Morgan fingerprint density at radius 1 is 0.700 bits per heavy atom. The molecule has 0 aliphatic carbocycles. The Balaban J connectivity index is 1.56. The van der Waals surface area contributed by atoms with E-state index in [0.717, 1.165) is 56.6 Å². The van der Waals surface area contributed by atoms with E-state index in [2.05, 4.69) is 56.5 Å². The first kappa shape index (κ1) is 21.2. The van der Waals surface area contributed by atoms with Gasteiger partial charge in [-0.25, -0.2) is 29.9 Å². The molecule has 0 N–H and O–H groups in total. The molecule has 6 nitrogen and oxygen atoms in total. The zero-order valence-corrected chi connectivity index (χ0v) is 20.0.